The Morgan fingerprint density at radius 3 is 2.70 bits per heavy atom. The summed E-state index contributed by atoms with van der Waals surface area (Å²) >= 11 is 7.38. The smallest absolute Gasteiger partial charge is 0.226 e. The van der Waals surface area contributed by atoms with Crippen LogP contribution in [0, 0.1) is 5.92 Å². The van der Waals surface area contributed by atoms with E-state index in [1.165, 1.54) is 11.3 Å². The van der Waals surface area contributed by atoms with Crippen LogP contribution in [0.1, 0.15) is 26.0 Å². The van der Waals surface area contributed by atoms with Crippen molar-refractivity contribution in [3.63, 3.8) is 0 Å². The number of carbonyl (C=O) groups excluding carboxylic acids is 1. The summed E-state index contributed by atoms with van der Waals surface area (Å²) < 4.78 is 0. The zero-order valence-electron chi connectivity index (χ0n) is 13.3. The number of rotatable bonds is 7. The van der Waals surface area contributed by atoms with Crippen molar-refractivity contribution in [2.24, 2.45) is 5.92 Å². The molecule has 0 saturated carbocycles. The van der Waals surface area contributed by atoms with Gasteiger partial charge >= 0.3 is 0 Å². The molecule has 1 aromatic carbocycles. The van der Waals surface area contributed by atoms with Gasteiger partial charge in [0.1, 0.15) is 5.01 Å². The van der Waals surface area contributed by atoms with Crippen molar-refractivity contribution in [1.29, 1.82) is 0 Å². The van der Waals surface area contributed by atoms with Crippen molar-refractivity contribution in [2.75, 3.05) is 6.61 Å². The third-order valence-electron chi connectivity index (χ3n) is 3.86. The van der Waals surface area contributed by atoms with Gasteiger partial charge in [-0.3, -0.25) is 4.79 Å². The SMILES string of the molecule is CC[C@@H](C)[C@H](CO)NC(=O)Cc1csc(-c2ccc(Cl)cc2)n1. The zero-order chi connectivity index (χ0) is 16.8. The van der Waals surface area contributed by atoms with E-state index in [9.17, 15) is 9.90 Å². The quantitative estimate of drug-likeness (QED) is 0.801. The monoisotopic (exact) mass is 352 g/mol. The number of benzene rings is 1. The van der Waals surface area contributed by atoms with E-state index < -0.39 is 0 Å². The molecule has 0 bridgehead atoms. The van der Waals surface area contributed by atoms with Crippen molar-refractivity contribution < 1.29 is 9.90 Å². The van der Waals surface area contributed by atoms with E-state index in [1.54, 1.807) is 0 Å². The van der Waals surface area contributed by atoms with Crippen molar-refractivity contribution in [3.05, 3.63) is 40.4 Å². The van der Waals surface area contributed by atoms with Crippen LogP contribution in [0.15, 0.2) is 29.6 Å². The highest BCUT2D eigenvalue weighted by molar-refractivity contribution is 7.13. The molecule has 1 amide bonds. The summed E-state index contributed by atoms with van der Waals surface area (Å²) in [4.78, 5) is 16.6. The summed E-state index contributed by atoms with van der Waals surface area (Å²) in [5, 5.41) is 15.7. The number of aromatic nitrogens is 1. The van der Waals surface area contributed by atoms with E-state index in [2.05, 4.69) is 10.3 Å². The summed E-state index contributed by atoms with van der Waals surface area (Å²) in [5.74, 6) is 0.126. The maximum Gasteiger partial charge on any atom is 0.226 e. The maximum atomic E-state index is 12.1. The highest BCUT2D eigenvalue weighted by atomic mass is 35.5. The number of halogens is 1. The van der Waals surface area contributed by atoms with Crippen LogP contribution in [0.5, 0.6) is 0 Å². The lowest BCUT2D eigenvalue weighted by Crippen LogP contribution is -2.42. The zero-order valence-corrected chi connectivity index (χ0v) is 14.8. The molecule has 124 valence electrons. The van der Waals surface area contributed by atoms with Crippen molar-refractivity contribution in [1.82, 2.24) is 10.3 Å². The molecule has 0 aliphatic heterocycles. The molecule has 6 heteroatoms. The highest BCUT2D eigenvalue weighted by Crippen LogP contribution is 2.25. The summed E-state index contributed by atoms with van der Waals surface area (Å²) in [6, 6.07) is 7.26. The minimum atomic E-state index is -0.207. The first-order chi connectivity index (χ1) is 11.0. The minimum Gasteiger partial charge on any atom is -0.394 e. The second-order valence-corrected chi connectivity index (χ2v) is 6.86. The number of hydrogen-bond donors (Lipinski definition) is 2. The average molecular weight is 353 g/mol. The highest BCUT2D eigenvalue weighted by Gasteiger charge is 2.18. The van der Waals surface area contributed by atoms with Gasteiger partial charge in [-0.1, -0.05) is 44.0 Å². The van der Waals surface area contributed by atoms with Crippen LogP contribution in [0.25, 0.3) is 10.6 Å². The van der Waals surface area contributed by atoms with E-state index in [0.717, 1.165) is 22.7 Å². The molecule has 4 nitrogen and oxygen atoms in total. The predicted octanol–water partition coefficient (Wildman–Crippen LogP) is 3.53. The molecule has 1 heterocycles. The average Bonchev–Trinajstić information content (AvgIpc) is 3.00. The Labute approximate surface area is 145 Å². The Bertz CT molecular complexity index is 642. The van der Waals surface area contributed by atoms with Gasteiger partial charge in [-0.2, -0.15) is 0 Å². The van der Waals surface area contributed by atoms with Gasteiger partial charge in [0.2, 0.25) is 5.91 Å². The van der Waals surface area contributed by atoms with Crippen LogP contribution in [-0.2, 0) is 11.2 Å². The Balaban J connectivity index is 1.98. The molecule has 1 aromatic heterocycles. The van der Waals surface area contributed by atoms with Crippen LogP contribution in [-0.4, -0.2) is 28.6 Å². The predicted molar refractivity (Wildman–Crippen MR) is 94.7 cm³/mol. The first-order valence-corrected chi connectivity index (χ1v) is 8.89. The molecule has 0 aliphatic carbocycles. The van der Waals surface area contributed by atoms with Crippen molar-refractivity contribution >= 4 is 28.8 Å². The van der Waals surface area contributed by atoms with Crippen LogP contribution < -0.4 is 5.32 Å². The molecule has 0 aliphatic rings. The van der Waals surface area contributed by atoms with E-state index in [1.807, 2.05) is 43.5 Å². The third-order valence-corrected chi connectivity index (χ3v) is 5.05. The van der Waals surface area contributed by atoms with Gasteiger partial charge < -0.3 is 10.4 Å². The fourth-order valence-electron chi connectivity index (χ4n) is 2.19. The van der Waals surface area contributed by atoms with Crippen LogP contribution in [0.2, 0.25) is 5.02 Å². The molecule has 23 heavy (non-hydrogen) atoms. The standard InChI is InChI=1S/C17H21ClN2O2S/c1-3-11(2)15(9-21)20-16(22)8-14-10-23-17(19-14)12-4-6-13(18)7-5-12/h4-7,10-11,15,21H,3,8-9H2,1-2H3,(H,20,22)/t11-,15+/m1/s1. The molecule has 0 fully saturated rings. The van der Waals surface area contributed by atoms with Crippen LogP contribution in [0.3, 0.4) is 0 Å². The Kier molecular flexibility index (Phi) is 6.57. The lowest BCUT2D eigenvalue weighted by atomic mass is 10.00. The Morgan fingerprint density at radius 1 is 1.39 bits per heavy atom. The first kappa shape index (κ1) is 17.9. The number of carbonyl (C=O) groups is 1. The number of hydrogen-bond acceptors (Lipinski definition) is 4. The van der Waals surface area contributed by atoms with Gasteiger partial charge in [0, 0.05) is 16.0 Å². The second-order valence-electron chi connectivity index (χ2n) is 5.57. The van der Waals surface area contributed by atoms with Crippen LogP contribution in [0.4, 0.5) is 0 Å². The number of amides is 1. The fraction of sp³-hybridized carbons (Fsp3) is 0.412. The lowest BCUT2D eigenvalue weighted by Gasteiger charge is -2.21. The molecular weight excluding hydrogens is 332 g/mol. The maximum absolute atomic E-state index is 12.1. The van der Waals surface area contributed by atoms with Crippen molar-refractivity contribution in [3.8, 4) is 10.6 Å². The summed E-state index contributed by atoms with van der Waals surface area (Å²) in [6.07, 6.45) is 1.12. The normalized spacial score (nSPS) is 13.6. The summed E-state index contributed by atoms with van der Waals surface area (Å²) in [5.41, 5.74) is 1.72. The Hall–Kier alpha value is -1.43. The number of nitrogens with zero attached hydrogens (tertiary/aromatic N) is 1. The van der Waals surface area contributed by atoms with E-state index in [0.29, 0.717) is 5.02 Å². The Morgan fingerprint density at radius 2 is 2.09 bits per heavy atom. The van der Waals surface area contributed by atoms with E-state index in [-0.39, 0.29) is 30.9 Å². The molecule has 0 unspecified atom stereocenters. The van der Waals surface area contributed by atoms with Gasteiger partial charge in [-0.25, -0.2) is 4.98 Å². The first-order valence-electron chi connectivity index (χ1n) is 7.64. The van der Waals surface area contributed by atoms with Gasteiger partial charge in [0.05, 0.1) is 24.8 Å². The molecular formula is C17H21ClN2O2S. The van der Waals surface area contributed by atoms with Gasteiger partial charge in [0.25, 0.3) is 0 Å². The molecule has 2 atom stereocenters. The van der Waals surface area contributed by atoms with Gasteiger partial charge in [-0.15, -0.1) is 11.3 Å². The summed E-state index contributed by atoms with van der Waals surface area (Å²) in [6.45, 7) is 4.01. The van der Waals surface area contributed by atoms with Gasteiger partial charge in [-0.05, 0) is 18.1 Å². The minimum absolute atomic E-state index is 0.0478. The molecule has 0 spiro atoms. The number of aliphatic hydroxyl groups is 1. The number of nitrogens with one attached hydrogen (secondary N) is 1. The molecule has 0 saturated heterocycles. The molecule has 2 N–H and O–H groups in total. The number of thiazole rings is 1. The molecule has 2 rings (SSSR count). The topological polar surface area (TPSA) is 62.2 Å². The third kappa shape index (κ3) is 5.03. The second kappa shape index (κ2) is 8.43. The molecule has 0 radical (unpaired) electrons. The number of aliphatic hydroxyl groups excluding tert-OH is 1. The molecule has 2 aromatic rings. The van der Waals surface area contributed by atoms with E-state index >= 15 is 0 Å². The van der Waals surface area contributed by atoms with E-state index in [4.69, 9.17) is 11.6 Å². The largest absolute Gasteiger partial charge is 0.394 e. The van der Waals surface area contributed by atoms with Crippen molar-refractivity contribution in [2.45, 2.75) is 32.7 Å². The van der Waals surface area contributed by atoms with Crippen LogP contribution >= 0.6 is 22.9 Å². The fourth-order valence-corrected chi connectivity index (χ4v) is 3.14. The summed E-state index contributed by atoms with van der Waals surface area (Å²) in [7, 11) is 0. The lowest BCUT2D eigenvalue weighted by molar-refractivity contribution is -0.121. The van der Waals surface area contributed by atoms with Gasteiger partial charge in [0.15, 0.2) is 0 Å².